The molecule has 2 atom stereocenters. The van der Waals surface area contributed by atoms with E-state index in [0.29, 0.717) is 19.4 Å². The molecule has 2 rings (SSSR count). The first-order chi connectivity index (χ1) is 10.9. The van der Waals surface area contributed by atoms with Crippen molar-refractivity contribution < 1.29 is 18.3 Å². The molecule has 1 fully saturated rings. The number of amides is 1. The molecule has 0 spiro atoms. The summed E-state index contributed by atoms with van der Waals surface area (Å²) in [7, 11) is -3.01. The summed E-state index contributed by atoms with van der Waals surface area (Å²) >= 11 is 0. The van der Waals surface area contributed by atoms with Crippen molar-refractivity contribution >= 4 is 21.4 Å². The van der Waals surface area contributed by atoms with E-state index in [1.54, 1.807) is 0 Å². The molecule has 23 heavy (non-hydrogen) atoms. The molecule has 0 aliphatic carbocycles. The van der Waals surface area contributed by atoms with Crippen LogP contribution < -0.4 is 10.2 Å². The molecule has 1 aromatic rings. The van der Waals surface area contributed by atoms with Crippen LogP contribution in [-0.2, 0) is 14.6 Å². The number of carbonyl (C=O) groups excluding carboxylic acids is 1. The van der Waals surface area contributed by atoms with Crippen LogP contribution in [0.1, 0.15) is 19.8 Å². The molecule has 0 aromatic heterocycles. The van der Waals surface area contributed by atoms with Crippen LogP contribution in [0.4, 0.5) is 5.69 Å². The fourth-order valence-corrected chi connectivity index (χ4v) is 4.31. The second-order valence-electron chi connectivity index (χ2n) is 5.95. The lowest BCUT2D eigenvalue weighted by Crippen LogP contribution is -2.44. The fourth-order valence-electron chi connectivity index (χ4n) is 2.64. The molecule has 0 unspecified atom stereocenters. The lowest BCUT2D eigenvalue weighted by atomic mass is 10.2. The van der Waals surface area contributed by atoms with Gasteiger partial charge in [0.05, 0.1) is 24.2 Å². The largest absolute Gasteiger partial charge is 0.391 e. The van der Waals surface area contributed by atoms with Crippen molar-refractivity contribution in [3.8, 4) is 0 Å². The van der Waals surface area contributed by atoms with Crippen LogP contribution >= 0.6 is 0 Å². The second-order valence-corrected chi connectivity index (χ2v) is 8.17. The Bertz CT molecular complexity index is 618. The van der Waals surface area contributed by atoms with Crippen LogP contribution in [-0.4, -0.2) is 56.2 Å². The highest BCUT2D eigenvalue weighted by molar-refractivity contribution is 7.91. The standard InChI is InChI=1S/C16H24N2O4S/c1-2-15(19)10-18(14-6-4-3-5-7-14)11-16(20)17-13-8-9-23(21,22)12-13/h3-7,13,15,19H,2,8-12H2,1H3,(H,17,20)/t13-,15-/m1/s1. The summed E-state index contributed by atoms with van der Waals surface area (Å²) in [5.41, 5.74) is 0.856. The first-order valence-electron chi connectivity index (χ1n) is 7.87. The van der Waals surface area contributed by atoms with Crippen molar-refractivity contribution in [2.24, 2.45) is 0 Å². The minimum Gasteiger partial charge on any atom is -0.391 e. The molecule has 1 saturated heterocycles. The number of benzene rings is 1. The molecule has 7 heteroatoms. The highest BCUT2D eigenvalue weighted by Crippen LogP contribution is 2.15. The number of para-hydroxylation sites is 1. The average molecular weight is 340 g/mol. The Labute approximate surface area is 137 Å². The molecule has 1 heterocycles. The molecule has 1 aromatic carbocycles. The van der Waals surface area contributed by atoms with E-state index in [2.05, 4.69) is 5.32 Å². The number of aliphatic hydroxyl groups is 1. The monoisotopic (exact) mass is 340 g/mol. The Morgan fingerprint density at radius 3 is 2.65 bits per heavy atom. The number of sulfone groups is 1. The zero-order valence-electron chi connectivity index (χ0n) is 13.3. The number of nitrogens with zero attached hydrogens (tertiary/aromatic N) is 1. The number of rotatable bonds is 7. The summed E-state index contributed by atoms with van der Waals surface area (Å²) in [4.78, 5) is 14.0. The third-order valence-electron chi connectivity index (χ3n) is 3.96. The van der Waals surface area contributed by atoms with Gasteiger partial charge in [-0.1, -0.05) is 25.1 Å². The van der Waals surface area contributed by atoms with Crippen LogP contribution in [0.15, 0.2) is 30.3 Å². The molecular formula is C16H24N2O4S. The van der Waals surface area contributed by atoms with Crippen molar-refractivity contribution in [2.75, 3.05) is 29.5 Å². The Hall–Kier alpha value is -1.60. The number of anilines is 1. The number of aliphatic hydroxyl groups excluding tert-OH is 1. The second kappa shape index (κ2) is 7.79. The van der Waals surface area contributed by atoms with Gasteiger partial charge in [0.25, 0.3) is 0 Å². The van der Waals surface area contributed by atoms with Gasteiger partial charge >= 0.3 is 0 Å². The minimum absolute atomic E-state index is 0.0155. The van der Waals surface area contributed by atoms with Gasteiger partial charge in [-0.2, -0.15) is 0 Å². The van der Waals surface area contributed by atoms with Crippen molar-refractivity contribution in [1.29, 1.82) is 0 Å². The van der Waals surface area contributed by atoms with Gasteiger partial charge in [0.1, 0.15) is 0 Å². The molecule has 1 aliphatic heterocycles. The molecule has 0 radical (unpaired) electrons. The Kier molecular flexibility index (Phi) is 6.01. The van der Waals surface area contributed by atoms with Crippen molar-refractivity contribution in [1.82, 2.24) is 5.32 Å². The number of hydrogen-bond donors (Lipinski definition) is 2. The summed E-state index contributed by atoms with van der Waals surface area (Å²) in [6.07, 6.45) is 0.554. The maximum absolute atomic E-state index is 12.2. The Morgan fingerprint density at radius 2 is 2.09 bits per heavy atom. The topological polar surface area (TPSA) is 86.7 Å². The molecule has 1 amide bonds. The van der Waals surface area contributed by atoms with Gasteiger partial charge in [0.2, 0.25) is 5.91 Å². The minimum atomic E-state index is -3.01. The van der Waals surface area contributed by atoms with E-state index in [-0.39, 0.29) is 30.0 Å². The van der Waals surface area contributed by atoms with Crippen LogP contribution in [0.3, 0.4) is 0 Å². The maximum Gasteiger partial charge on any atom is 0.239 e. The van der Waals surface area contributed by atoms with Gasteiger partial charge in [-0.15, -0.1) is 0 Å². The van der Waals surface area contributed by atoms with E-state index in [9.17, 15) is 18.3 Å². The van der Waals surface area contributed by atoms with E-state index in [0.717, 1.165) is 5.69 Å². The third-order valence-corrected chi connectivity index (χ3v) is 5.72. The first kappa shape index (κ1) is 17.7. The Balaban J connectivity index is 1.98. The molecule has 1 aliphatic rings. The SMILES string of the molecule is CC[C@@H](O)CN(CC(=O)N[C@@H]1CCS(=O)(=O)C1)c1ccccc1. The molecule has 0 saturated carbocycles. The van der Waals surface area contributed by atoms with Crippen LogP contribution in [0.25, 0.3) is 0 Å². The molecule has 128 valence electrons. The number of hydrogen-bond acceptors (Lipinski definition) is 5. The summed E-state index contributed by atoms with van der Waals surface area (Å²) < 4.78 is 22.9. The van der Waals surface area contributed by atoms with Crippen LogP contribution in [0.5, 0.6) is 0 Å². The van der Waals surface area contributed by atoms with Crippen LogP contribution in [0.2, 0.25) is 0 Å². The van der Waals surface area contributed by atoms with Crippen molar-refractivity contribution in [2.45, 2.75) is 31.9 Å². The highest BCUT2D eigenvalue weighted by atomic mass is 32.2. The van der Waals surface area contributed by atoms with E-state index >= 15 is 0 Å². The quantitative estimate of drug-likeness (QED) is 0.758. The zero-order valence-corrected chi connectivity index (χ0v) is 14.1. The van der Waals surface area contributed by atoms with Gasteiger partial charge in [-0.05, 0) is 25.0 Å². The van der Waals surface area contributed by atoms with E-state index in [1.807, 2.05) is 42.2 Å². The van der Waals surface area contributed by atoms with E-state index in [4.69, 9.17) is 0 Å². The fraction of sp³-hybridized carbons (Fsp3) is 0.562. The van der Waals surface area contributed by atoms with Gasteiger partial charge in [-0.25, -0.2) is 8.42 Å². The molecule has 0 bridgehead atoms. The molecule has 6 nitrogen and oxygen atoms in total. The van der Waals surface area contributed by atoms with Crippen LogP contribution in [0, 0.1) is 0 Å². The first-order valence-corrected chi connectivity index (χ1v) is 9.69. The normalized spacial score (nSPS) is 20.9. The predicted molar refractivity (Wildman–Crippen MR) is 90.2 cm³/mol. The van der Waals surface area contributed by atoms with E-state index < -0.39 is 15.9 Å². The lowest BCUT2D eigenvalue weighted by molar-refractivity contribution is -0.120. The summed E-state index contributed by atoms with van der Waals surface area (Å²) in [5, 5.41) is 12.7. The molecule has 2 N–H and O–H groups in total. The summed E-state index contributed by atoms with van der Waals surface area (Å²) in [6.45, 7) is 2.34. The van der Waals surface area contributed by atoms with Gasteiger partial charge in [0, 0.05) is 18.3 Å². The van der Waals surface area contributed by atoms with Gasteiger partial charge in [-0.3, -0.25) is 4.79 Å². The zero-order chi connectivity index (χ0) is 16.9. The highest BCUT2D eigenvalue weighted by Gasteiger charge is 2.29. The maximum atomic E-state index is 12.2. The van der Waals surface area contributed by atoms with Gasteiger partial charge < -0.3 is 15.3 Å². The smallest absolute Gasteiger partial charge is 0.239 e. The number of carbonyl (C=O) groups is 1. The third kappa shape index (κ3) is 5.51. The summed E-state index contributed by atoms with van der Waals surface area (Å²) in [5.74, 6) is -0.0735. The van der Waals surface area contributed by atoms with Gasteiger partial charge in [0.15, 0.2) is 9.84 Å². The van der Waals surface area contributed by atoms with Crippen molar-refractivity contribution in [3.05, 3.63) is 30.3 Å². The van der Waals surface area contributed by atoms with E-state index in [1.165, 1.54) is 0 Å². The van der Waals surface area contributed by atoms with Crippen molar-refractivity contribution in [3.63, 3.8) is 0 Å². The summed E-state index contributed by atoms with van der Waals surface area (Å²) in [6, 6.07) is 9.11. The lowest BCUT2D eigenvalue weighted by Gasteiger charge is -2.27. The predicted octanol–water partition coefficient (Wildman–Crippen LogP) is 0.567. The Morgan fingerprint density at radius 1 is 1.39 bits per heavy atom. The molecular weight excluding hydrogens is 316 g/mol. The number of nitrogens with one attached hydrogen (secondary N) is 1. The average Bonchev–Trinajstić information content (AvgIpc) is 2.86.